The van der Waals surface area contributed by atoms with Crippen LogP contribution in [-0.2, 0) is 11.2 Å². The largest absolute Gasteiger partial charge is 0.367 e. The molecule has 0 bridgehead atoms. The predicted octanol–water partition coefficient (Wildman–Crippen LogP) is 2.81. The maximum Gasteiger partial charge on any atom is 0.228 e. The summed E-state index contributed by atoms with van der Waals surface area (Å²) in [6.07, 6.45) is 4.06. The van der Waals surface area contributed by atoms with Crippen LogP contribution in [0.15, 0.2) is 36.7 Å². The summed E-state index contributed by atoms with van der Waals surface area (Å²) in [5.74, 6) is 0.0123. The Morgan fingerprint density at radius 1 is 1.29 bits per heavy atom. The Morgan fingerprint density at radius 2 is 2.12 bits per heavy atom. The van der Waals surface area contributed by atoms with Crippen LogP contribution in [0.4, 0.5) is 5.69 Å². The van der Waals surface area contributed by atoms with Crippen molar-refractivity contribution < 1.29 is 4.79 Å². The van der Waals surface area contributed by atoms with E-state index in [-0.39, 0.29) is 5.91 Å². The number of H-pyrrole nitrogens is 1. The molecule has 0 saturated heterocycles. The molecule has 0 radical (unpaired) electrons. The smallest absolute Gasteiger partial charge is 0.228 e. The number of aryl methyl sites for hydroxylation is 2. The predicted molar refractivity (Wildman–Crippen MR) is 69.0 cm³/mol. The lowest BCUT2D eigenvalue weighted by molar-refractivity contribution is -0.115. The number of hydrogen-bond acceptors (Lipinski definition) is 1. The number of anilines is 1. The highest BCUT2D eigenvalue weighted by Gasteiger charge is 2.06. The van der Waals surface area contributed by atoms with Crippen molar-refractivity contribution in [3.8, 4) is 0 Å². The molecule has 1 aromatic carbocycles. The summed E-state index contributed by atoms with van der Waals surface area (Å²) in [4.78, 5) is 14.8. The molecular weight excluding hydrogens is 212 g/mol. The summed E-state index contributed by atoms with van der Waals surface area (Å²) in [7, 11) is 0. The third-order valence-electron chi connectivity index (χ3n) is 2.69. The van der Waals surface area contributed by atoms with E-state index >= 15 is 0 Å². The fourth-order valence-electron chi connectivity index (χ4n) is 1.72. The number of nitrogens with one attached hydrogen (secondary N) is 2. The molecule has 1 heterocycles. The van der Waals surface area contributed by atoms with Crippen LogP contribution in [0, 0.1) is 13.8 Å². The molecule has 3 nitrogen and oxygen atoms in total. The van der Waals surface area contributed by atoms with E-state index in [2.05, 4.69) is 10.3 Å². The zero-order valence-corrected chi connectivity index (χ0v) is 10.1. The summed E-state index contributed by atoms with van der Waals surface area (Å²) in [5.41, 5.74) is 4.11. The molecule has 0 aliphatic rings. The third-order valence-corrected chi connectivity index (χ3v) is 2.69. The third kappa shape index (κ3) is 2.97. The number of aromatic amines is 1. The van der Waals surface area contributed by atoms with Crippen LogP contribution in [0.5, 0.6) is 0 Å². The molecule has 3 heteroatoms. The highest BCUT2D eigenvalue weighted by Crippen LogP contribution is 2.16. The molecule has 0 aliphatic carbocycles. The van der Waals surface area contributed by atoms with Gasteiger partial charge in [0, 0.05) is 18.1 Å². The first-order valence-corrected chi connectivity index (χ1v) is 5.64. The zero-order chi connectivity index (χ0) is 12.3. The normalized spacial score (nSPS) is 10.2. The Balaban J connectivity index is 2.05. The maximum atomic E-state index is 11.8. The van der Waals surface area contributed by atoms with Gasteiger partial charge in [-0.2, -0.15) is 0 Å². The number of rotatable bonds is 3. The topological polar surface area (TPSA) is 44.9 Å². The molecule has 2 rings (SSSR count). The number of benzene rings is 1. The van der Waals surface area contributed by atoms with Gasteiger partial charge in [0.15, 0.2) is 0 Å². The lowest BCUT2D eigenvalue weighted by Crippen LogP contribution is -2.14. The Labute approximate surface area is 101 Å². The molecule has 2 N–H and O–H groups in total. The minimum atomic E-state index is 0.0123. The molecular formula is C14H16N2O. The van der Waals surface area contributed by atoms with Gasteiger partial charge in [-0.25, -0.2) is 0 Å². The Kier molecular flexibility index (Phi) is 3.28. The van der Waals surface area contributed by atoms with E-state index in [9.17, 15) is 4.79 Å². The molecule has 2 aromatic rings. The average Bonchev–Trinajstić information content (AvgIpc) is 2.76. The second kappa shape index (κ2) is 4.87. The van der Waals surface area contributed by atoms with Crippen molar-refractivity contribution in [1.29, 1.82) is 0 Å². The van der Waals surface area contributed by atoms with Gasteiger partial charge in [-0.3, -0.25) is 4.79 Å². The summed E-state index contributed by atoms with van der Waals surface area (Å²) in [6, 6.07) is 7.95. The maximum absolute atomic E-state index is 11.8. The summed E-state index contributed by atoms with van der Waals surface area (Å²) in [6.45, 7) is 4.01. The monoisotopic (exact) mass is 228 g/mol. The first-order valence-electron chi connectivity index (χ1n) is 5.64. The van der Waals surface area contributed by atoms with E-state index in [4.69, 9.17) is 0 Å². The number of hydrogen-bond donors (Lipinski definition) is 2. The van der Waals surface area contributed by atoms with Crippen LogP contribution in [0.3, 0.4) is 0 Å². The van der Waals surface area contributed by atoms with Crippen molar-refractivity contribution in [3.63, 3.8) is 0 Å². The summed E-state index contributed by atoms with van der Waals surface area (Å²) >= 11 is 0. The zero-order valence-electron chi connectivity index (χ0n) is 10.1. The number of aromatic nitrogens is 1. The van der Waals surface area contributed by atoms with E-state index in [0.717, 1.165) is 22.4 Å². The van der Waals surface area contributed by atoms with E-state index < -0.39 is 0 Å². The van der Waals surface area contributed by atoms with Gasteiger partial charge in [-0.1, -0.05) is 12.1 Å². The fourth-order valence-corrected chi connectivity index (χ4v) is 1.72. The second-order valence-electron chi connectivity index (χ2n) is 4.26. The molecule has 1 aromatic heterocycles. The van der Waals surface area contributed by atoms with Crippen molar-refractivity contribution in [2.24, 2.45) is 0 Å². The molecule has 17 heavy (non-hydrogen) atoms. The highest BCUT2D eigenvalue weighted by molar-refractivity contribution is 5.93. The molecule has 0 unspecified atom stereocenters. The molecule has 0 atom stereocenters. The van der Waals surface area contributed by atoms with Crippen LogP contribution in [-0.4, -0.2) is 10.9 Å². The molecule has 0 saturated carbocycles. The molecule has 1 amide bonds. The van der Waals surface area contributed by atoms with Crippen LogP contribution in [0.1, 0.15) is 16.7 Å². The van der Waals surface area contributed by atoms with Gasteiger partial charge in [0.25, 0.3) is 0 Å². The van der Waals surface area contributed by atoms with E-state index in [1.165, 1.54) is 0 Å². The summed E-state index contributed by atoms with van der Waals surface area (Å²) in [5, 5.41) is 2.94. The average molecular weight is 228 g/mol. The van der Waals surface area contributed by atoms with Gasteiger partial charge in [-0.15, -0.1) is 0 Å². The standard InChI is InChI=1S/C14H16N2O/c1-10-3-4-11(2)13(7-10)16-14(17)8-12-5-6-15-9-12/h3-7,9,15H,8H2,1-2H3,(H,16,17). The Bertz CT molecular complexity index is 515. The van der Waals surface area contributed by atoms with Crippen molar-refractivity contribution in [1.82, 2.24) is 4.98 Å². The van der Waals surface area contributed by atoms with Gasteiger partial charge in [0.05, 0.1) is 6.42 Å². The van der Waals surface area contributed by atoms with Crippen LogP contribution >= 0.6 is 0 Å². The lowest BCUT2D eigenvalue weighted by Gasteiger charge is -2.08. The number of carbonyl (C=O) groups excluding carboxylic acids is 1. The number of amides is 1. The number of carbonyl (C=O) groups is 1. The molecule has 0 fully saturated rings. The van der Waals surface area contributed by atoms with Crippen molar-refractivity contribution >= 4 is 11.6 Å². The first kappa shape index (κ1) is 11.5. The second-order valence-corrected chi connectivity index (χ2v) is 4.26. The first-order chi connectivity index (χ1) is 8.15. The van der Waals surface area contributed by atoms with E-state index in [1.807, 2.05) is 50.5 Å². The Hall–Kier alpha value is -2.03. The van der Waals surface area contributed by atoms with Gasteiger partial charge in [0.2, 0.25) is 5.91 Å². The highest BCUT2D eigenvalue weighted by atomic mass is 16.1. The minimum absolute atomic E-state index is 0.0123. The van der Waals surface area contributed by atoms with Crippen molar-refractivity contribution in [2.75, 3.05) is 5.32 Å². The lowest BCUT2D eigenvalue weighted by atomic mass is 10.1. The molecule has 88 valence electrons. The van der Waals surface area contributed by atoms with E-state index in [1.54, 1.807) is 0 Å². The van der Waals surface area contributed by atoms with Crippen LogP contribution in [0.25, 0.3) is 0 Å². The van der Waals surface area contributed by atoms with Crippen molar-refractivity contribution in [2.45, 2.75) is 20.3 Å². The molecule has 0 spiro atoms. The Morgan fingerprint density at radius 3 is 2.82 bits per heavy atom. The summed E-state index contributed by atoms with van der Waals surface area (Å²) < 4.78 is 0. The quantitative estimate of drug-likeness (QED) is 0.833. The van der Waals surface area contributed by atoms with Crippen molar-refractivity contribution in [3.05, 3.63) is 53.3 Å². The fraction of sp³-hybridized carbons (Fsp3) is 0.214. The van der Waals surface area contributed by atoms with Gasteiger partial charge in [0.1, 0.15) is 0 Å². The minimum Gasteiger partial charge on any atom is -0.367 e. The molecule has 0 aliphatic heterocycles. The van der Waals surface area contributed by atoms with Crippen LogP contribution < -0.4 is 5.32 Å². The van der Waals surface area contributed by atoms with Gasteiger partial charge < -0.3 is 10.3 Å². The van der Waals surface area contributed by atoms with Gasteiger partial charge >= 0.3 is 0 Å². The van der Waals surface area contributed by atoms with Gasteiger partial charge in [-0.05, 0) is 42.7 Å². The van der Waals surface area contributed by atoms with Crippen LogP contribution in [0.2, 0.25) is 0 Å². The van der Waals surface area contributed by atoms with E-state index in [0.29, 0.717) is 6.42 Å². The SMILES string of the molecule is Cc1ccc(C)c(NC(=O)Cc2cc[nH]c2)c1.